The summed E-state index contributed by atoms with van der Waals surface area (Å²) in [5.41, 5.74) is 1.05. The predicted octanol–water partition coefficient (Wildman–Crippen LogP) is 3.52. The second kappa shape index (κ2) is 7.51. The van der Waals surface area contributed by atoms with Crippen molar-refractivity contribution in [3.63, 3.8) is 0 Å². The molecule has 1 amide bonds. The number of rotatable bonds is 4. The van der Waals surface area contributed by atoms with Gasteiger partial charge in [-0.1, -0.05) is 37.3 Å². The van der Waals surface area contributed by atoms with Gasteiger partial charge in [-0.15, -0.1) is 21.5 Å². The van der Waals surface area contributed by atoms with E-state index in [9.17, 15) is 4.79 Å². The highest BCUT2D eigenvalue weighted by atomic mass is 32.1. The first-order chi connectivity index (χ1) is 11.3. The van der Waals surface area contributed by atoms with Gasteiger partial charge in [0.2, 0.25) is 5.91 Å². The normalized spacial score (nSPS) is 16.1. The molecule has 0 aliphatic carbocycles. The molecule has 0 saturated carbocycles. The molecule has 2 aromatic rings. The lowest BCUT2D eigenvalue weighted by molar-refractivity contribution is -0.126. The highest BCUT2D eigenvalue weighted by Gasteiger charge is 2.25. The van der Waals surface area contributed by atoms with Crippen LogP contribution in [0.25, 0.3) is 6.08 Å². The van der Waals surface area contributed by atoms with Gasteiger partial charge in [0.25, 0.3) is 0 Å². The van der Waals surface area contributed by atoms with Crippen LogP contribution in [-0.2, 0) is 11.2 Å². The largest absolute Gasteiger partial charge is 0.339 e. The van der Waals surface area contributed by atoms with E-state index in [1.54, 1.807) is 17.4 Å². The van der Waals surface area contributed by atoms with Crippen molar-refractivity contribution in [2.45, 2.75) is 32.1 Å². The van der Waals surface area contributed by atoms with Crippen LogP contribution < -0.4 is 0 Å². The van der Waals surface area contributed by atoms with Crippen molar-refractivity contribution in [2.24, 2.45) is 0 Å². The number of likely N-dealkylation sites (tertiary alicyclic amines) is 1. The Bertz CT molecular complexity index is 673. The number of amides is 1. The summed E-state index contributed by atoms with van der Waals surface area (Å²) in [5.74, 6) is 0.550. The van der Waals surface area contributed by atoms with E-state index in [0.29, 0.717) is 5.92 Å². The third kappa shape index (κ3) is 4.05. The zero-order chi connectivity index (χ0) is 16.1. The lowest BCUT2D eigenvalue weighted by atomic mass is 9.97. The number of hydrogen-bond donors (Lipinski definition) is 0. The molecular weight excluding hydrogens is 306 g/mol. The Labute approximate surface area is 140 Å². The van der Waals surface area contributed by atoms with E-state index in [4.69, 9.17) is 0 Å². The van der Waals surface area contributed by atoms with Crippen LogP contribution in [0, 0.1) is 0 Å². The summed E-state index contributed by atoms with van der Waals surface area (Å²) in [5, 5.41) is 10.7. The Hall–Kier alpha value is -2.01. The minimum absolute atomic E-state index is 0.0961. The Morgan fingerprint density at radius 1 is 1.26 bits per heavy atom. The summed E-state index contributed by atoms with van der Waals surface area (Å²) < 4.78 is 0. The molecule has 0 bridgehead atoms. The molecule has 1 aliphatic rings. The fourth-order valence-electron chi connectivity index (χ4n) is 2.76. The highest BCUT2D eigenvalue weighted by Crippen LogP contribution is 2.30. The second-order valence-corrected chi connectivity index (χ2v) is 6.82. The van der Waals surface area contributed by atoms with Crippen molar-refractivity contribution in [1.82, 2.24) is 15.1 Å². The molecule has 1 aromatic heterocycles. The van der Waals surface area contributed by atoms with Gasteiger partial charge in [0.15, 0.2) is 0 Å². The van der Waals surface area contributed by atoms with Crippen LogP contribution >= 0.6 is 11.3 Å². The summed E-state index contributed by atoms with van der Waals surface area (Å²) in [6, 6.07) is 9.92. The molecule has 5 heteroatoms. The molecule has 2 heterocycles. The van der Waals surface area contributed by atoms with Crippen molar-refractivity contribution in [3.05, 3.63) is 52.0 Å². The maximum atomic E-state index is 12.3. The molecule has 0 unspecified atom stereocenters. The fourth-order valence-corrected chi connectivity index (χ4v) is 3.71. The summed E-state index contributed by atoms with van der Waals surface area (Å²) in [6.07, 6.45) is 6.45. The smallest absolute Gasteiger partial charge is 0.246 e. The van der Waals surface area contributed by atoms with Crippen molar-refractivity contribution in [1.29, 1.82) is 0 Å². The van der Waals surface area contributed by atoms with Crippen LogP contribution in [0.15, 0.2) is 36.4 Å². The van der Waals surface area contributed by atoms with E-state index in [1.807, 2.05) is 41.3 Å². The number of aromatic nitrogens is 2. The standard InChI is InChI=1S/C18H21N3OS/c1-2-16-19-20-18(23-16)15-10-12-21(13-11-15)17(22)9-8-14-6-4-3-5-7-14/h3-9,15H,2,10-13H2,1H3/b9-8+. The van der Waals surface area contributed by atoms with E-state index < -0.39 is 0 Å². The van der Waals surface area contributed by atoms with Gasteiger partial charge in [-0.25, -0.2) is 0 Å². The molecule has 1 fully saturated rings. The molecule has 4 nitrogen and oxygen atoms in total. The van der Waals surface area contributed by atoms with Crippen LogP contribution in [0.1, 0.15) is 41.3 Å². The van der Waals surface area contributed by atoms with Gasteiger partial charge in [0.05, 0.1) is 0 Å². The van der Waals surface area contributed by atoms with Crippen LogP contribution in [0.5, 0.6) is 0 Å². The van der Waals surface area contributed by atoms with E-state index in [0.717, 1.165) is 47.9 Å². The fraction of sp³-hybridized carbons (Fsp3) is 0.389. The molecule has 120 valence electrons. The van der Waals surface area contributed by atoms with Crippen LogP contribution in [0.4, 0.5) is 0 Å². The highest BCUT2D eigenvalue weighted by molar-refractivity contribution is 7.11. The van der Waals surface area contributed by atoms with Crippen molar-refractivity contribution in [2.75, 3.05) is 13.1 Å². The number of carbonyl (C=O) groups is 1. The van der Waals surface area contributed by atoms with Gasteiger partial charge in [-0.2, -0.15) is 0 Å². The molecular formula is C18H21N3OS. The molecule has 0 N–H and O–H groups in total. The van der Waals surface area contributed by atoms with Gasteiger partial charge in [0, 0.05) is 25.1 Å². The lowest BCUT2D eigenvalue weighted by Gasteiger charge is -2.30. The molecule has 0 spiro atoms. The Morgan fingerprint density at radius 2 is 2.00 bits per heavy atom. The van der Waals surface area contributed by atoms with Gasteiger partial charge >= 0.3 is 0 Å². The first-order valence-corrected chi connectivity index (χ1v) is 8.92. The van der Waals surface area contributed by atoms with Gasteiger partial charge in [-0.3, -0.25) is 4.79 Å². The topological polar surface area (TPSA) is 46.1 Å². The van der Waals surface area contributed by atoms with E-state index in [-0.39, 0.29) is 5.91 Å². The van der Waals surface area contributed by atoms with E-state index in [2.05, 4.69) is 17.1 Å². The van der Waals surface area contributed by atoms with Gasteiger partial charge < -0.3 is 4.90 Å². The molecule has 3 rings (SSSR count). The van der Waals surface area contributed by atoms with Crippen molar-refractivity contribution < 1.29 is 4.79 Å². The third-order valence-electron chi connectivity index (χ3n) is 4.16. The van der Waals surface area contributed by atoms with Gasteiger partial charge in [0.1, 0.15) is 10.0 Å². The second-order valence-electron chi connectivity index (χ2n) is 5.73. The average molecular weight is 327 g/mol. The SMILES string of the molecule is CCc1nnc(C2CCN(C(=O)/C=C/c3ccccc3)CC2)s1. The first kappa shape index (κ1) is 15.9. The van der Waals surface area contributed by atoms with Crippen molar-refractivity contribution >= 4 is 23.3 Å². The Balaban J connectivity index is 1.54. The summed E-state index contributed by atoms with van der Waals surface area (Å²) in [6.45, 7) is 3.69. The quantitative estimate of drug-likeness (QED) is 0.807. The molecule has 0 atom stereocenters. The Morgan fingerprint density at radius 3 is 2.65 bits per heavy atom. The molecule has 23 heavy (non-hydrogen) atoms. The minimum Gasteiger partial charge on any atom is -0.339 e. The zero-order valence-corrected chi connectivity index (χ0v) is 14.1. The van der Waals surface area contributed by atoms with E-state index in [1.165, 1.54) is 0 Å². The number of aryl methyl sites for hydroxylation is 1. The monoisotopic (exact) mass is 327 g/mol. The summed E-state index contributed by atoms with van der Waals surface area (Å²) >= 11 is 1.72. The number of hydrogen-bond acceptors (Lipinski definition) is 4. The van der Waals surface area contributed by atoms with Crippen LogP contribution in [0.3, 0.4) is 0 Å². The first-order valence-electron chi connectivity index (χ1n) is 8.10. The average Bonchev–Trinajstić information content (AvgIpc) is 3.10. The lowest BCUT2D eigenvalue weighted by Crippen LogP contribution is -2.36. The number of benzene rings is 1. The predicted molar refractivity (Wildman–Crippen MR) is 93.3 cm³/mol. The third-order valence-corrected chi connectivity index (χ3v) is 5.39. The number of nitrogens with zero attached hydrogens (tertiary/aromatic N) is 3. The summed E-state index contributed by atoms with van der Waals surface area (Å²) in [4.78, 5) is 14.2. The molecule has 1 aliphatic heterocycles. The van der Waals surface area contributed by atoms with Crippen LogP contribution in [-0.4, -0.2) is 34.1 Å². The molecule has 1 saturated heterocycles. The molecule has 0 radical (unpaired) electrons. The number of carbonyl (C=O) groups excluding carboxylic acids is 1. The Kier molecular flexibility index (Phi) is 5.18. The summed E-state index contributed by atoms with van der Waals surface area (Å²) in [7, 11) is 0. The van der Waals surface area contributed by atoms with Crippen LogP contribution in [0.2, 0.25) is 0 Å². The van der Waals surface area contributed by atoms with Gasteiger partial charge in [-0.05, 0) is 30.9 Å². The maximum Gasteiger partial charge on any atom is 0.246 e. The number of piperidine rings is 1. The van der Waals surface area contributed by atoms with E-state index >= 15 is 0 Å². The van der Waals surface area contributed by atoms with Crippen molar-refractivity contribution in [3.8, 4) is 0 Å². The maximum absolute atomic E-state index is 12.3. The molecule has 1 aromatic carbocycles. The zero-order valence-electron chi connectivity index (χ0n) is 13.3. The minimum atomic E-state index is 0.0961.